The van der Waals surface area contributed by atoms with Crippen LogP contribution in [0.4, 0.5) is 33.2 Å². The molecular weight excluding hydrogens is 837 g/mol. The summed E-state index contributed by atoms with van der Waals surface area (Å²) in [6.45, 7) is 3.63. The number of hydrogen-bond donors (Lipinski definition) is 4. The lowest BCUT2D eigenvalue weighted by Gasteiger charge is -2.37. The van der Waals surface area contributed by atoms with Gasteiger partial charge in [0.05, 0.1) is 30.4 Å². The summed E-state index contributed by atoms with van der Waals surface area (Å²) in [7, 11) is 0. The van der Waals surface area contributed by atoms with Gasteiger partial charge < -0.3 is 29.9 Å². The number of halogens is 4. The summed E-state index contributed by atoms with van der Waals surface area (Å²) in [6.07, 6.45) is -2.62. The molecule has 0 radical (unpaired) electrons. The molecule has 0 aromatic heterocycles. The van der Waals surface area contributed by atoms with Crippen LogP contribution in [0.2, 0.25) is 5.02 Å². The summed E-state index contributed by atoms with van der Waals surface area (Å²) in [6, 6.07) is 20.7. The van der Waals surface area contributed by atoms with E-state index in [1.54, 1.807) is 45.0 Å². The smallest absolute Gasteiger partial charge is 0.410 e. The molecule has 6 amide bonds. The van der Waals surface area contributed by atoms with Crippen LogP contribution in [-0.4, -0.2) is 84.0 Å². The van der Waals surface area contributed by atoms with E-state index in [4.69, 9.17) is 21.1 Å². The quantitative estimate of drug-likeness (QED) is 0.138. The highest BCUT2D eigenvalue weighted by molar-refractivity contribution is 7.99. The molecular formula is C43H42ClF3N6O7S. The van der Waals surface area contributed by atoms with Crippen molar-refractivity contribution in [2.75, 3.05) is 30.3 Å². The number of piperidine rings is 1. The second kappa shape index (κ2) is 17.6. The normalized spacial score (nSPS) is 18.2. The van der Waals surface area contributed by atoms with Crippen molar-refractivity contribution >= 4 is 59.1 Å². The van der Waals surface area contributed by atoms with Gasteiger partial charge in [0.1, 0.15) is 24.1 Å². The minimum Gasteiger partial charge on any atom is -0.448 e. The first-order chi connectivity index (χ1) is 28.9. The predicted molar refractivity (Wildman–Crippen MR) is 222 cm³/mol. The lowest BCUT2D eigenvalue weighted by atomic mass is 9.98. The third-order valence-electron chi connectivity index (χ3n) is 10.1. The van der Waals surface area contributed by atoms with E-state index in [2.05, 4.69) is 21.5 Å². The van der Waals surface area contributed by atoms with E-state index in [9.17, 15) is 32.8 Å². The van der Waals surface area contributed by atoms with Crippen LogP contribution in [0.15, 0.2) is 89.8 Å². The number of anilines is 1. The van der Waals surface area contributed by atoms with E-state index in [0.29, 0.717) is 10.6 Å². The molecule has 1 unspecified atom stereocenters. The number of hydrazine groups is 1. The van der Waals surface area contributed by atoms with Crippen molar-refractivity contribution in [2.24, 2.45) is 0 Å². The van der Waals surface area contributed by atoms with E-state index < -0.39 is 78.0 Å². The van der Waals surface area contributed by atoms with Crippen LogP contribution < -0.4 is 26.4 Å². The summed E-state index contributed by atoms with van der Waals surface area (Å²) in [5.41, 5.74) is 7.42. The first kappa shape index (κ1) is 43.2. The van der Waals surface area contributed by atoms with Crippen LogP contribution in [0.5, 0.6) is 0 Å². The number of thioether (sulfide) groups is 1. The van der Waals surface area contributed by atoms with E-state index in [1.807, 2.05) is 48.5 Å². The van der Waals surface area contributed by atoms with Crippen LogP contribution in [0.25, 0.3) is 11.1 Å². The summed E-state index contributed by atoms with van der Waals surface area (Å²) in [5, 5.41) is 5.38. The molecule has 0 saturated carbocycles. The Hall–Kier alpha value is -5.94. The lowest BCUT2D eigenvalue weighted by Crippen LogP contribution is -2.59. The Labute approximate surface area is 358 Å². The number of rotatable bonds is 7. The van der Waals surface area contributed by atoms with Crippen LogP contribution in [0.3, 0.4) is 0 Å². The van der Waals surface area contributed by atoms with E-state index >= 15 is 4.39 Å². The predicted octanol–water partition coefficient (Wildman–Crippen LogP) is 7.61. The average Bonchev–Trinajstić information content (AvgIpc) is 3.46. The number of hydrogen-bond acceptors (Lipinski definition) is 8. The molecule has 2 heterocycles. The molecule has 7 rings (SSSR count). The van der Waals surface area contributed by atoms with Gasteiger partial charge >= 0.3 is 18.2 Å². The Bertz CT molecular complexity index is 2320. The molecule has 2 atom stereocenters. The fourth-order valence-electron chi connectivity index (χ4n) is 7.51. The maximum Gasteiger partial charge on any atom is 0.410 e. The van der Waals surface area contributed by atoms with Gasteiger partial charge in [-0.3, -0.25) is 15.0 Å². The number of likely N-dealkylation sites (tertiary alicyclic amines) is 1. The van der Waals surface area contributed by atoms with Gasteiger partial charge in [0.15, 0.2) is 0 Å². The molecule has 0 bridgehead atoms. The van der Waals surface area contributed by atoms with Crippen molar-refractivity contribution in [3.8, 4) is 11.1 Å². The number of alkyl halides is 2. The van der Waals surface area contributed by atoms with Crippen molar-refractivity contribution in [3.05, 3.63) is 118 Å². The number of ether oxygens (including phenoxy) is 2. The number of nitrogens with zero attached hydrogens (tertiary/aromatic N) is 2. The van der Waals surface area contributed by atoms with Gasteiger partial charge in [-0.25, -0.2) is 33.0 Å². The fourth-order valence-corrected chi connectivity index (χ4v) is 8.71. The molecule has 2 aliphatic heterocycles. The summed E-state index contributed by atoms with van der Waals surface area (Å²) < 4.78 is 56.5. The van der Waals surface area contributed by atoms with E-state index in [-0.39, 0.29) is 42.0 Å². The third-order valence-corrected chi connectivity index (χ3v) is 11.5. The number of carbonyl (C=O) groups excluding carboxylic acids is 5. The Kier molecular flexibility index (Phi) is 12.4. The molecule has 61 heavy (non-hydrogen) atoms. The zero-order valence-electron chi connectivity index (χ0n) is 33.2. The molecule has 18 heteroatoms. The molecule has 4 aromatic rings. The standard InChI is InChI=1S/C43H42ClF3N6O7S/c1-42(2,3)60-40(57)49-34-22-61-36-17-33(45)31(16-35(36)53(38(34)55)19-24-12-14-25(44)15-13-24)37(54)50-51-39(56)48-26-18-43(46,47)23-52(20-26)41(58)59-21-32-29-10-6-4-8-27(29)28-9-5-7-11-30(28)32/h4-17,26,32,34H,18-23H2,1-3H3,(H,49,57)(H,50,54)(H2,48,51,56)/t26?,34-/m0/s1. The number of alkyl carbamates (subject to hydrolysis) is 1. The van der Waals surface area contributed by atoms with Gasteiger partial charge in [-0.15, -0.1) is 11.8 Å². The Morgan fingerprint density at radius 2 is 1.57 bits per heavy atom. The monoisotopic (exact) mass is 878 g/mol. The minimum absolute atomic E-state index is 0.00778. The van der Waals surface area contributed by atoms with Gasteiger partial charge in [0.2, 0.25) is 0 Å². The Morgan fingerprint density at radius 1 is 0.918 bits per heavy atom. The summed E-state index contributed by atoms with van der Waals surface area (Å²) >= 11 is 7.15. The van der Waals surface area contributed by atoms with Gasteiger partial charge in [0.25, 0.3) is 17.7 Å². The number of carbonyl (C=O) groups is 5. The van der Waals surface area contributed by atoms with Crippen molar-refractivity contribution < 1.29 is 46.6 Å². The number of nitrogens with one attached hydrogen (secondary N) is 4. The second-order valence-electron chi connectivity index (χ2n) is 15.9. The SMILES string of the molecule is CC(C)(C)OC(=O)N[C@H]1CSc2cc(F)c(C(=O)NNC(=O)NC3CN(C(=O)OCC4c5ccccc5-c5ccccc54)CC(F)(F)C3)cc2N(Cc2ccc(Cl)cc2)C1=O. The first-order valence-electron chi connectivity index (χ1n) is 19.3. The maximum atomic E-state index is 15.6. The molecule has 1 aliphatic carbocycles. The zero-order valence-corrected chi connectivity index (χ0v) is 34.8. The van der Waals surface area contributed by atoms with Crippen molar-refractivity contribution in [2.45, 2.75) is 68.2 Å². The molecule has 4 aromatic carbocycles. The van der Waals surface area contributed by atoms with E-state index in [1.165, 1.54) is 4.90 Å². The molecule has 13 nitrogen and oxygen atoms in total. The van der Waals surface area contributed by atoms with Crippen LogP contribution in [-0.2, 0) is 20.8 Å². The highest BCUT2D eigenvalue weighted by Gasteiger charge is 2.44. The fraction of sp³-hybridized carbons (Fsp3) is 0.326. The molecule has 1 saturated heterocycles. The summed E-state index contributed by atoms with van der Waals surface area (Å²) in [4.78, 5) is 68.6. The number of amides is 6. The number of benzene rings is 4. The maximum absolute atomic E-state index is 15.6. The molecule has 3 aliphatic rings. The zero-order chi connectivity index (χ0) is 43.6. The average molecular weight is 879 g/mol. The topological polar surface area (TPSA) is 158 Å². The lowest BCUT2D eigenvalue weighted by molar-refractivity contribution is -0.120. The largest absolute Gasteiger partial charge is 0.448 e. The molecule has 0 spiro atoms. The van der Waals surface area contributed by atoms with Crippen molar-refractivity contribution in [1.82, 2.24) is 26.4 Å². The van der Waals surface area contributed by atoms with Crippen LogP contribution in [0, 0.1) is 5.82 Å². The van der Waals surface area contributed by atoms with Gasteiger partial charge in [-0.2, -0.15) is 0 Å². The Morgan fingerprint density at radius 3 is 2.23 bits per heavy atom. The summed E-state index contributed by atoms with van der Waals surface area (Å²) in [5.74, 6) is -6.36. The third kappa shape index (κ3) is 10.2. The minimum atomic E-state index is -3.38. The highest BCUT2D eigenvalue weighted by atomic mass is 35.5. The van der Waals surface area contributed by atoms with E-state index in [0.717, 1.165) is 51.0 Å². The van der Waals surface area contributed by atoms with Gasteiger partial charge in [-0.1, -0.05) is 72.3 Å². The number of fused-ring (bicyclic) bond motifs is 4. The molecule has 1 fully saturated rings. The van der Waals surface area contributed by atoms with Crippen LogP contribution in [0.1, 0.15) is 60.2 Å². The van der Waals surface area contributed by atoms with Gasteiger partial charge in [0, 0.05) is 34.6 Å². The second-order valence-corrected chi connectivity index (χ2v) is 17.4. The first-order valence-corrected chi connectivity index (χ1v) is 20.7. The number of urea groups is 1. The molecule has 4 N–H and O–H groups in total. The van der Waals surface area contributed by atoms with Crippen LogP contribution >= 0.6 is 23.4 Å². The Balaban J connectivity index is 0.999. The van der Waals surface area contributed by atoms with Gasteiger partial charge in [-0.05, 0) is 72.9 Å². The highest BCUT2D eigenvalue weighted by Crippen LogP contribution is 2.45. The van der Waals surface area contributed by atoms with Crippen molar-refractivity contribution in [1.29, 1.82) is 0 Å². The van der Waals surface area contributed by atoms with Crippen molar-refractivity contribution in [3.63, 3.8) is 0 Å². The molecule has 320 valence electrons.